The summed E-state index contributed by atoms with van der Waals surface area (Å²) < 4.78 is 35.3. The van der Waals surface area contributed by atoms with Gasteiger partial charge in [-0.15, -0.1) is 16.8 Å². The van der Waals surface area contributed by atoms with Gasteiger partial charge in [0, 0.05) is 22.8 Å². The molecule has 6 nitrogen and oxygen atoms in total. The molecular weight excluding hydrogens is 490 g/mol. The first-order valence-electron chi connectivity index (χ1n) is 9.21. The number of hydrogen-bond donors (Lipinski definition) is 1. The van der Waals surface area contributed by atoms with E-state index in [2.05, 4.69) is 38.0 Å². The molecule has 0 saturated heterocycles. The standard InChI is InChI=1S/C21H19BrF2N4O2S/c1-3-10-28-20(13(2)30-18-9-6-15(23)11-17(18)24)26-27-21(28)31-12-19(29)25-16-7-4-14(22)5-8-16/h3-9,11,13H,1,10,12H2,2H3,(H,25,29). The van der Waals surface area contributed by atoms with Crippen molar-refractivity contribution in [2.75, 3.05) is 11.1 Å². The maximum absolute atomic E-state index is 13.9. The third kappa shape index (κ3) is 6.14. The number of anilines is 1. The topological polar surface area (TPSA) is 69.0 Å². The van der Waals surface area contributed by atoms with E-state index < -0.39 is 17.7 Å². The van der Waals surface area contributed by atoms with Crippen LogP contribution < -0.4 is 10.1 Å². The predicted molar refractivity (Wildman–Crippen MR) is 119 cm³/mol. The number of benzene rings is 2. The van der Waals surface area contributed by atoms with Gasteiger partial charge in [0.25, 0.3) is 0 Å². The van der Waals surface area contributed by atoms with Crippen LogP contribution in [0.5, 0.6) is 5.75 Å². The van der Waals surface area contributed by atoms with Crippen molar-refractivity contribution in [3.05, 3.63) is 77.1 Å². The van der Waals surface area contributed by atoms with Gasteiger partial charge in [0.1, 0.15) is 5.82 Å². The first kappa shape index (κ1) is 23.0. The second kappa shape index (κ2) is 10.5. The summed E-state index contributed by atoms with van der Waals surface area (Å²) in [5.41, 5.74) is 0.686. The number of nitrogens with zero attached hydrogens (tertiary/aromatic N) is 3. The quantitative estimate of drug-likeness (QED) is 0.310. The van der Waals surface area contributed by atoms with Gasteiger partial charge in [0.2, 0.25) is 5.91 Å². The lowest BCUT2D eigenvalue weighted by Gasteiger charge is -2.16. The largest absolute Gasteiger partial charge is 0.480 e. The maximum atomic E-state index is 13.9. The Labute approximate surface area is 190 Å². The summed E-state index contributed by atoms with van der Waals surface area (Å²) in [6, 6.07) is 10.3. The van der Waals surface area contributed by atoms with Gasteiger partial charge < -0.3 is 10.1 Å². The Bertz CT molecular complexity index is 1080. The van der Waals surface area contributed by atoms with Crippen LogP contribution in [0, 0.1) is 11.6 Å². The molecule has 1 atom stereocenters. The summed E-state index contributed by atoms with van der Waals surface area (Å²) in [5.74, 6) is -1.23. The molecule has 1 N–H and O–H groups in total. The van der Waals surface area contributed by atoms with Crippen LogP contribution in [-0.4, -0.2) is 26.4 Å². The molecule has 0 fully saturated rings. The molecule has 0 aliphatic carbocycles. The van der Waals surface area contributed by atoms with Crippen molar-refractivity contribution in [2.45, 2.75) is 24.7 Å². The number of rotatable bonds is 9. The Kier molecular flexibility index (Phi) is 7.80. The summed E-state index contributed by atoms with van der Waals surface area (Å²) in [5, 5.41) is 11.6. The zero-order valence-corrected chi connectivity index (χ0v) is 18.9. The fraction of sp³-hybridized carbons (Fsp3) is 0.190. The highest BCUT2D eigenvalue weighted by Gasteiger charge is 2.21. The zero-order chi connectivity index (χ0) is 22.4. The minimum atomic E-state index is -0.805. The molecule has 10 heteroatoms. The van der Waals surface area contributed by atoms with Crippen LogP contribution >= 0.6 is 27.7 Å². The van der Waals surface area contributed by atoms with Crippen molar-refractivity contribution in [1.29, 1.82) is 0 Å². The fourth-order valence-corrected chi connectivity index (χ4v) is 3.70. The minimum absolute atomic E-state index is 0.0925. The van der Waals surface area contributed by atoms with E-state index >= 15 is 0 Å². The highest BCUT2D eigenvalue weighted by Crippen LogP contribution is 2.27. The van der Waals surface area contributed by atoms with Crippen LogP contribution in [0.15, 0.2) is 64.7 Å². The average Bonchev–Trinajstić information content (AvgIpc) is 3.13. The smallest absolute Gasteiger partial charge is 0.234 e. The van der Waals surface area contributed by atoms with E-state index in [4.69, 9.17) is 4.74 Å². The van der Waals surface area contributed by atoms with E-state index in [0.29, 0.717) is 23.2 Å². The predicted octanol–water partition coefficient (Wildman–Crippen LogP) is 5.38. The number of carbonyl (C=O) groups is 1. The fourth-order valence-electron chi connectivity index (χ4n) is 2.68. The van der Waals surface area contributed by atoms with Crippen LogP contribution in [0.25, 0.3) is 0 Å². The lowest BCUT2D eigenvalue weighted by molar-refractivity contribution is -0.113. The van der Waals surface area contributed by atoms with Crippen molar-refractivity contribution in [3.63, 3.8) is 0 Å². The van der Waals surface area contributed by atoms with Gasteiger partial charge in [-0.3, -0.25) is 9.36 Å². The van der Waals surface area contributed by atoms with Crippen LogP contribution in [0.3, 0.4) is 0 Å². The highest BCUT2D eigenvalue weighted by atomic mass is 79.9. The number of aromatic nitrogens is 3. The van der Waals surface area contributed by atoms with Crippen molar-refractivity contribution in [2.24, 2.45) is 0 Å². The van der Waals surface area contributed by atoms with Gasteiger partial charge in [-0.25, -0.2) is 8.78 Å². The summed E-state index contributed by atoms with van der Waals surface area (Å²) in [6.45, 7) is 5.79. The van der Waals surface area contributed by atoms with Gasteiger partial charge in [-0.05, 0) is 43.3 Å². The molecular formula is C21H19BrF2N4O2S. The third-order valence-corrected chi connectivity index (χ3v) is 5.57. The Hall–Kier alpha value is -2.72. The van der Waals surface area contributed by atoms with Crippen LogP contribution in [0.1, 0.15) is 18.9 Å². The van der Waals surface area contributed by atoms with Crippen molar-refractivity contribution in [3.8, 4) is 5.75 Å². The summed E-state index contributed by atoms with van der Waals surface area (Å²) >= 11 is 4.56. The van der Waals surface area contributed by atoms with Gasteiger partial charge in [-0.2, -0.15) is 0 Å². The number of amides is 1. The monoisotopic (exact) mass is 508 g/mol. The molecule has 162 valence electrons. The second-order valence-corrected chi connectivity index (χ2v) is 8.28. The minimum Gasteiger partial charge on any atom is -0.480 e. The molecule has 0 bridgehead atoms. The Morgan fingerprint density at radius 1 is 1.29 bits per heavy atom. The van der Waals surface area contributed by atoms with Gasteiger partial charge in [-0.1, -0.05) is 33.8 Å². The van der Waals surface area contributed by atoms with Crippen LogP contribution in [-0.2, 0) is 11.3 Å². The first-order valence-corrected chi connectivity index (χ1v) is 11.0. The van der Waals surface area contributed by atoms with Gasteiger partial charge in [0.15, 0.2) is 28.7 Å². The van der Waals surface area contributed by atoms with E-state index in [1.165, 1.54) is 17.8 Å². The molecule has 31 heavy (non-hydrogen) atoms. The summed E-state index contributed by atoms with van der Waals surface area (Å²) in [7, 11) is 0. The van der Waals surface area contributed by atoms with Crippen LogP contribution in [0.2, 0.25) is 0 Å². The molecule has 0 radical (unpaired) electrons. The van der Waals surface area contributed by atoms with Crippen molar-refractivity contribution in [1.82, 2.24) is 14.8 Å². The van der Waals surface area contributed by atoms with E-state index in [1.807, 2.05) is 12.1 Å². The van der Waals surface area contributed by atoms with Crippen molar-refractivity contribution < 1.29 is 18.3 Å². The Morgan fingerprint density at radius 2 is 2.03 bits per heavy atom. The molecule has 0 aliphatic heterocycles. The molecule has 0 saturated carbocycles. The lowest BCUT2D eigenvalue weighted by atomic mass is 10.3. The number of allylic oxidation sites excluding steroid dienone is 1. The molecule has 1 unspecified atom stereocenters. The number of halogens is 3. The number of ether oxygens (including phenoxy) is 1. The summed E-state index contributed by atoms with van der Waals surface area (Å²) in [4.78, 5) is 12.3. The number of hydrogen-bond acceptors (Lipinski definition) is 5. The maximum Gasteiger partial charge on any atom is 0.234 e. The molecule has 0 aliphatic rings. The number of thioether (sulfide) groups is 1. The zero-order valence-electron chi connectivity index (χ0n) is 16.5. The van der Waals surface area contributed by atoms with Crippen LogP contribution in [0.4, 0.5) is 14.5 Å². The number of nitrogens with one attached hydrogen (secondary N) is 1. The SMILES string of the molecule is C=CCn1c(SCC(=O)Nc2ccc(Br)cc2)nnc1C(C)Oc1ccc(F)cc1F. The molecule has 1 amide bonds. The van der Waals surface area contributed by atoms with Crippen molar-refractivity contribution >= 4 is 39.3 Å². The number of carbonyl (C=O) groups excluding carboxylic acids is 1. The second-order valence-electron chi connectivity index (χ2n) is 6.42. The first-order chi connectivity index (χ1) is 14.9. The van der Waals surface area contributed by atoms with Gasteiger partial charge in [0.05, 0.1) is 5.75 Å². The third-order valence-electron chi connectivity index (χ3n) is 4.08. The Morgan fingerprint density at radius 3 is 2.71 bits per heavy atom. The lowest BCUT2D eigenvalue weighted by Crippen LogP contribution is -2.15. The molecule has 3 rings (SSSR count). The molecule has 1 aromatic heterocycles. The average molecular weight is 509 g/mol. The highest BCUT2D eigenvalue weighted by molar-refractivity contribution is 9.10. The molecule has 2 aromatic carbocycles. The van der Waals surface area contributed by atoms with E-state index in [9.17, 15) is 13.6 Å². The van der Waals surface area contributed by atoms with E-state index in [1.54, 1.807) is 29.7 Å². The molecule has 3 aromatic rings. The molecule has 1 heterocycles. The van der Waals surface area contributed by atoms with E-state index in [-0.39, 0.29) is 17.4 Å². The van der Waals surface area contributed by atoms with E-state index in [0.717, 1.165) is 16.6 Å². The summed E-state index contributed by atoms with van der Waals surface area (Å²) in [6.07, 6.45) is 0.989. The Balaban J connectivity index is 1.68. The van der Waals surface area contributed by atoms with Gasteiger partial charge >= 0.3 is 0 Å². The molecule has 0 spiro atoms. The normalized spacial score (nSPS) is 11.7.